The van der Waals surface area contributed by atoms with Crippen LogP contribution in [0.5, 0.6) is 0 Å². The quantitative estimate of drug-likeness (QED) is 0.812. The van der Waals surface area contributed by atoms with Crippen molar-refractivity contribution in [2.75, 3.05) is 0 Å². The molecule has 6 nitrogen and oxygen atoms in total. The molecule has 1 rings (SSSR count). The molecule has 0 radical (unpaired) electrons. The number of hydrogen-bond donors (Lipinski definition) is 1. The zero-order valence-corrected chi connectivity index (χ0v) is 11.1. The van der Waals surface area contributed by atoms with Gasteiger partial charge in [-0.25, -0.2) is 4.79 Å². The van der Waals surface area contributed by atoms with Crippen LogP contribution in [-0.2, 0) is 17.8 Å². The molecule has 0 atom stereocenters. The fourth-order valence-corrected chi connectivity index (χ4v) is 1.23. The molecule has 1 amide bonds. The number of nitrogens with zero attached hydrogens (tertiary/aromatic N) is 3. The molecule has 0 aliphatic heterocycles. The van der Waals surface area contributed by atoms with Crippen molar-refractivity contribution < 1.29 is 9.53 Å². The minimum atomic E-state index is -0.494. The topological polar surface area (TPSA) is 69.0 Å². The van der Waals surface area contributed by atoms with E-state index in [1.165, 1.54) is 0 Å². The maximum absolute atomic E-state index is 11.4. The summed E-state index contributed by atoms with van der Waals surface area (Å²) in [5.74, 6) is 0. The van der Waals surface area contributed by atoms with Crippen LogP contribution in [0.25, 0.3) is 0 Å². The fraction of sp³-hybridized carbons (Fsp3) is 0.583. The first-order chi connectivity index (χ1) is 8.40. The van der Waals surface area contributed by atoms with Crippen molar-refractivity contribution in [2.24, 2.45) is 0 Å². The summed E-state index contributed by atoms with van der Waals surface area (Å²) < 4.78 is 6.83. The molecule has 0 spiro atoms. The summed E-state index contributed by atoms with van der Waals surface area (Å²) in [5.41, 5.74) is 0.205. The average Bonchev–Trinajstić information content (AvgIpc) is 2.69. The molecule has 0 unspecified atom stereocenters. The summed E-state index contributed by atoms with van der Waals surface area (Å²) in [6, 6.07) is 0. The van der Waals surface area contributed by atoms with Crippen molar-refractivity contribution >= 4 is 6.09 Å². The van der Waals surface area contributed by atoms with Gasteiger partial charge < -0.3 is 10.1 Å². The van der Waals surface area contributed by atoms with E-state index >= 15 is 0 Å². The second-order valence-electron chi connectivity index (χ2n) is 4.91. The highest BCUT2D eigenvalue weighted by atomic mass is 16.6. The van der Waals surface area contributed by atoms with Crippen LogP contribution in [0.2, 0.25) is 0 Å². The number of carbonyl (C=O) groups is 1. The average molecular weight is 252 g/mol. The van der Waals surface area contributed by atoms with Gasteiger partial charge in [0.1, 0.15) is 11.3 Å². The predicted molar refractivity (Wildman–Crippen MR) is 67.9 cm³/mol. The molecule has 0 aliphatic carbocycles. The number of rotatable bonds is 5. The van der Waals surface area contributed by atoms with Crippen LogP contribution in [0.15, 0.2) is 18.9 Å². The Morgan fingerprint density at radius 3 is 2.94 bits per heavy atom. The highest BCUT2D eigenvalue weighted by Crippen LogP contribution is 2.06. The number of hydrogen-bond acceptors (Lipinski definition) is 4. The number of nitrogens with one attached hydrogen (secondary N) is 1. The molecule has 0 fully saturated rings. The van der Waals surface area contributed by atoms with E-state index in [0.29, 0.717) is 12.2 Å². The lowest BCUT2D eigenvalue weighted by molar-refractivity contribution is 0.0523. The first-order valence-electron chi connectivity index (χ1n) is 5.87. The SMILES string of the molecule is C=CCCn1cc(CNC(=O)OC(C)(C)C)nn1. The zero-order valence-electron chi connectivity index (χ0n) is 11.1. The first-order valence-corrected chi connectivity index (χ1v) is 5.87. The van der Waals surface area contributed by atoms with Gasteiger partial charge in [0.2, 0.25) is 0 Å². The lowest BCUT2D eigenvalue weighted by Gasteiger charge is -2.19. The van der Waals surface area contributed by atoms with Gasteiger partial charge in [-0.1, -0.05) is 11.3 Å². The van der Waals surface area contributed by atoms with Crippen molar-refractivity contribution in [2.45, 2.75) is 45.9 Å². The summed E-state index contributed by atoms with van der Waals surface area (Å²) >= 11 is 0. The van der Waals surface area contributed by atoms with E-state index in [0.717, 1.165) is 13.0 Å². The largest absolute Gasteiger partial charge is 0.444 e. The second-order valence-corrected chi connectivity index (χ2v) is 4.91. The van der Waals surface area contributed by atoms with E-state index < -0.39 is 11.7 Å². The van der Waals surface area contributed by atoms with E-state index in [4.69, 9.17) is 4.74 Å². The number of aryl methyl sites for hydroxylation is 1. The van der Waals surface area contributed by atoms with Crippen LogP contribution in [0, 0.1) is 0 Å². The Balaban J connectivity index is 2.37. The minimum absolute atomic E-state index is 0.309. The molecule has 0 bridgehead atoms. The monoisotopic (exact) mass is 252 g/mol. The van der Waals surface area contributed by atoms with Gasteiger partial charge in [0.25, 0.3) is 0 Å². The summed E-state index contributed by atoms with van der Waals surface area (Å²) in [4.78, 5) is 11.4. The Kier molecular flexibility index (Phi) is 4.88. The standard InChI is InChI=1S/C12H20N4O2/c1-5-6-7-16-9-10(14-15-16)8-13-11(17)18-12(2,3)4/h5,9H,1,6-8H2,2-4H3,(H,13,17). The van der Waals surface area contributed by atoms with Crippen molar-refractivity contribution in [3.63, 3.8) is 0 Å². The Hall–Kier alpha value is -1.85. The zero-order chi connectivity index (χ0) is 13.6. The van der Waals surface area contributed by atoms with E-state index in [9.17, 15) is 4.79 Å². The number of ether oxygens (including phenoxy) is 1. The Bertz CT molecular complexity index is 406. The van der Waals surface area contributed by atoms with E-state index in [2.05, 4.69) is 22.2 Å². The van der Waals surface area contributed by atoms with E-state index in [1.54, 1.807) is 10.9 Å². The first kappa shape index (κ1) is 14.2. The van der Waals surface area contributed by atoms with Gasteiger partial charge in [-0.2, -0.15) is 0 Å². The molecule has 0 saturated heterocycles. The predicted octanol–water partition coefficient (Wildman–Crippen LogP) is 1.88. The molecule has 100 valence electrons. The smallest absolute Gasteiger partial charge is 0.407 e. The maximum atomic E-state index is 11.4. The molecule has 1 aromatic heterocycles. The van der Waals surface area contributed by atoms with Crippen LogP contribution >= 0.6 is 0 Å². The third kappa shape index (κ3) is 5.47. The van der Waals surface area contributed by atoms with Crippen LogP contribution in [-0.4, -0.2) is 26.7 Å². The molecule has 1 heterocycles. The van der Waals surface area contributed by atoms with E-state index in [1.807, 2.05) is 26.8 Å². The molecule has 0 saturated carbocycles. The lowest BCUT2D eigenvalue weighted by atomic mass is 10.2. The molecule has 0 aromatic carbocycles. The highest BCUT2D eigenvalue weighted by molar-refractivity contribution is 5.67. The third-order valence-electron chi connectivity index (χ3n) is 1.96. The molecule has 0 aliphatic rings. The van der Waals surface area contributed by atoms with Crippen LogP contribution < -0.4 is 5.32 Å². The Labute approximate surface area is 107 Å². The van der Waals surface area contributed by atoms with Gasteiger partial charge in [-0.3, -0.25) is 4.68 Å². The van der Waals surface area contributed by atoms with Crippen LogP contribution in [0.1, 0.15) is 32.9 Å². The normalized spacial score (nSPS) is 11.1. The highest BCUT2D eigenvalue weighted by Gasteiger charge is 2.15. The van der Waals surface area contributed by atoms with E-state index in [-0.39, 0.29) is 0 Å². The summed E-state index contributed by atoms with van der Waals surface area (Å²) in [6.07, 6.45) is 3.99. The van der Waals surface area contributed by atoms with Crippen molar-refractivity contribution in [3.05, 3.63) is 24.5 Å². The van der Waals surface area contributed by atoms with Crippen LogP contribution in [0.4, 0.5) is 4.79 Å². The number of allylic oxidation sites excluding steroid dienone is 1. The molecule has 1 N–H and O–H groups in total. The summed E-state index contributed by atoms with van der Waals surface area (Å²) in [6.45, 7) is 10.1. The molecule has 6 heteroatoms. The van der Waals surface area contributed by atoms with Gasteiger partial charge in [0.15, 0.2) is 0 Å². The van der Waals surface area contributed by atoms with Gasteiger partial charge in [-0.05, 0) is 27.2 Å². The van der Waals surface area contributed by atoms with Crippen molar-refractivity contribution in [1.29, 1.82) is 0 Å². The number of aromatic nitrogens is 3. The molecule has 18 heavy (non-hydrogen) atoms. The number of alkyl carbamates (subject to hydrolysis) is 1. The van der Waals surface area contributed by atoms with Gasteiger partial charge >= 0.3 is 6.09 Å². The lowest BCUT2D eigenvalue weighted by Crippen LogP contribution is -2.32. The van der Waals surface area contributed by atoms with Gasteiger partial charge in [0, 0.05) is 6.54 Å². The maximum Gasteiger partial charge on any atom is 0.407 e. The molecular weight excluding hydrogens is 232 g/mol. The van der Waals surface area contributed by atoms with Crippen LogP contribution in [0.3, 0.4) is 0 Å². The molecular formula is C12H20N4O2. The third-order valence-corrected chi connectivity index (χ3v) is 1.96. The minimum Gasteiger partial charge on any atom is -0.444 e. The van der Waals surface area contributed by atoms with Gasteiger partial charge in [0.05, 0.1) is 12.7 Å². The number of amides is 1. The number of carbonyl (C=O) groups excluding carboxylic acids is 1. The second kappa shape index (κ2) is 6.18. The Morgan fingerprint density at radius 2 is 2.33 bits per heavy atom. The van der Waals surface area contributed by atoms with Crippen molar-refractivity contribution in [3.8, 4) is 0 Å². The molecule has 1 aromatic rings. The van der Waals surface area contributed by atoms with Gasteiger partial charge in [-0.15, -0.1) is 11.7 Å². The van der Waals surface area contributed by atoms with Crippen molar-refractivity contribution in [1.82, 2.24) is 20.3 Å². The summed E-state index contributed by atoms with van der Waals surface area (Å²) in [7, 11) is 0. The fourth-order valence-electron chi connectivity index (χ4n) is 1.23. The summed E-state index contributed by atoms with van der Waals surface area (Å²) in [5, 5.41) is 10.5. The Morgan fingerprint density at radius 1 is 1.61 bits per heavy atom.